The standard InChI is InChI=1S/C14H13FOS/c1-10-8-12(6-7-14(10)17)16-9-11-4-2-3-5-13(11)15/h2-8,17H,9H2,1H3. The van der Waals surface area contributed by atoms with Crippen LogP contribution in [0.3, 0.4) is 0 Å². The van der Waals surface area contributed by atoms with E-state index in [-0.39, 0.29) is 12.4 Å². The van der Waals surface area contributed by atoms with Crippen LogP contribution in [-0.4, -0.2) is 0 Å². The highest BCUT2D eigenvalue weighted by Crippen LogP contribution is 2.21. The molecule has 0 aliphatic rings. The van der Waals surface area contributed by atoms with Gasteiger partial charge in [0.2, 0.25) is 0 Å². The van der Waals surface area contributed by atoms with Crippen molar-refractivity contribution in [2.24, 2.45) is 0 Å². The summed E-state index contributed by atoms with van der Waals surface area (Å²) < 4.78 is 18.9. The van der Waals surface area contributed by atoms with Gasteiger partial charge in [0.15, 0.2) is 0 Å². The Bertz CT molecular complexity index is 525. The zero-order valence-electron chi connectivity index (χ0n) is 9.48. The molecule has 0 aliphatic carbocycles. The van der Waals surface area contributed by atoms with Crippen molar-refractivity contribution in [1.82, 2.24) is 0 Å². The number of rotatable bonds is 3. The quantitative estimate of drug-likeness (QED) is 0.808. The molecule has 2 aromatic rings. The molecule has 1 nitrogen and oxygen atoms in total. The first-order valence-electron chi connectivity index (χ1n) is 5.32. The number of ether oxygens (including phenoxy) is 1. The third-order valence-corrected chi connectivity index (χ3v) is 3.02. The van der Waals surface area contributed by atoms with Gasteiger partial charge in [0.05, 0.1) is 0 Å². The van der Waals surface area contributed by atoms with E-state index in [9.17, 15) is 4.39 Å². The van der Waals surface area contributed by atoms with Crippen molar-refractivity contribution in [2.45, 2.75) is 18.4 Å². The Morgan fingerprint density at radius 1 is 1.18 bits per heavy atom. The van der Waals surface area contributed by atoms with Gasteiger partial charge in [0.25, 0.3) is 0 Å². The second-order valence-corrected chi connectivity index (χ2v) is 4.31. The summed E-state index contributed by atoms with van der Waals surface area (Å²) >= 11 is 4.28. The molecular formula is C14H13FOS. The summed E-state index contributed by atoms with van der Waals surface area (Å²) in [5, 5.41) is 0. The lowest BCUT2D eigenvalue weighted by atomic mass is 10.2. The van der Waals surface area contributed by atoms with Crippen LogP contribution in [-0.2, 0) is 6.61 Å². The van der Waals surface area contributed by atoms with Crippen LogP contribution in [0.1, 0.15) is 11.1 Å². The Kier molecular flexibility index (Phi) is 3.69. The van der Waals surface area contributed by atoms with Gasteiger partial charge in [-0.2, -0.15) is 0 Å². The third kappa shape index (κ3) is 3.01. The molecule has 0 radical (unpaired) electrons. The van der Waals surface area contributed by atoms with Crippen LogP contribution in [0.2, 0.25) is 0 Å². The molecule has 0 bridgehead atoms. The number of aryl methyl sites for hydroxylation is 1. The SMILES string of the molecule is Cc1cc(OCc2ccccc2F)ccc1S. The summed E-state index contributed by atoms with van der Waals surface area (Å²) in [5.41, 5.74) is 1.60. The Balaban J connectivity index is 2.08. The van der Waals surface area contributed by atoms with Gasteiger partial charge in [0, 0.05) is 10.5 Å². The Hall–Kier alpha value is -1.48. The summed E-state index contributed by atoms with van der Waals surface area (Å²) in [6, 6.07) is 12.2. The molecule has 0 unspecified atom stereocenters. The van der Waals surface area contributed by atoms with Gasteiger partial charge in [0.1, 0.15) is 18.2 Å². The van der Waals surface area contributed by atoms with Crippen molar-refractivity contribution in [3.63, 3.8) is 0 Å². The van der Waals surface area contributed by atoms with Crippen molar-refractivity contribution in [3.8, 4) is 5.75 Å². The number of halogens is 1. The van der Waals surface area contributed by atoms with E-state index in [0.717, 1.165) is 16.2 Å². The van der Waals surface area contributed by atoms with Gasteiger partial charge in [-0.1, -0.05) is 18.2 Å². The summed E-state index contributed by atoms with van der Waals surface area (Å²) in [6.07, 6.45) is 0. The Morgan fingerprint density at radius 3 is 2.65 bits per heavy atom. The lowest BCUT2D eigenvalue weighted by molar-refractivity contribution is 0.299. The van der Waals surface area contributed by atoms with Gasteiger partial charge in [-0.3, -0.25) is 0 Å². The van der Waals surface area contributed by atoms with Gasteiger partial charge < -0.3 is 4.74 Å². The first kappa shape index (κ1) is 12.0. The average molecular weight is 248 g/mol. The molecule has 0 aromatic heterocycles. The second-order valence-electron chi connectivity index (χ2n) is 3.83. The Morgan fingerprint density at radius 2 is 1.94 bits per heavy atom. The highest BCUT2D eigenvalue weighted by atomic mass is 32.1. The fourth-order valence-corrected chi connectivity index (χ4v) is 1.63. The first-order chi connectivity index (χ1) is 8.16. The monoisotopic (exact) mass is 248 g/mol. The minimum Gasteiger partial charge on any atom is -0.489 e. The average Bonchev–Trinajstić information content (AvgIpc) is 2.32. The lowest BCUT2D eigenvalue weighted by Crippen LogP contribution is -1.98. The van der Waals surface area contributed by atoms with Crippen LogP contribution in [0.15, 0.2) is 47.4 Å². The zero-order valence-corrected chi connectivity index (χ0v) is 10.4. The van der Waals surface area contributed by atoms with Gasteiger partial charge in [-0.15, -0.1) is 12.6 Å². The summed E-state index contributed by atoms with van der Waals surface area (Å²) in [4.78, 5) is 0.920. The molecule has 0 spiro atoms. The predicted octanol–water partition coefficient (Wildman–Crippen LogP) is 4.00. The van der Waals surface area contributed by atoms with Gasteiger partial charge >= 0.3 is 0 Å². The Labute approximate surface area is 106 Å². The fourth-order valence-electron chi connectivity index (χ4n) is 1.49. The number of thiol groups is 1. The smallest absolute Gasteiger partial charge is 0.129 e. The second kappa shape index (κ2) is 5.23. The largest absolute Gasteiger partial charge is 0.489 e. The van der Waals surface area contributed by atoms with Crippen molar-refractivity contribution >= 4 is 12.6 Å². The summed E-state index contributed by atoms with van der Waals surface area (Å²) in [5.74, 6) is 0.485. The lowest BCUT2D eigenvalue weighted by Gasteiger charge is -2.08. The van der Waals surface area contributed by atoms with Crippen LogP contribution in [0.4, 0.5) is 4.39 Å². The summed E-state index contributed by atoms with van der Waals surface area (Å²) in [7, 11) is 0. The number of hydrogen-bond acceptors (Lipinski definition) is 2. The first-order valence-corrected chi connectivity index (χ1v) is 5.77. The zero-order chi connectivity index (χ0) is 12.3. The van der Waals surface area contributed by atoms with Crippen molar-refractivity contribution < 1.29 is 9.13 Å². The molecule has 0 N–H and O–H groups in total. The minimum absolute atomic E-state index is 0.234. The molecule has 2 rings (SSSR count). The van der Waals surface area contributed by atoms with E-state index in [1.807, 2.05) is 25.1 Å². The molecule has 0 saturated heterocycles. The highest BCUT2D eigenvalue weighted by molar-refractivity contribution is 7.80. The van der Waals surface area contributed by atoms with Gasteiger partial charge in [-0.05, 0) is 36.8 Å². The minimum atomic E-state index is -0.241. The maximum Gasteiger partial charge on any atom is 0.129 e. The van der Waals surface area contributed by atoms with Crippen molar-refractivity contribution in [3.05, 3.63) is 59.4 Å². The van der Waals surface area contributed by atoms with Crippen molar-refractivity contribution in [1.29, 1.82) is 0 Å². The molecule has 17 heavy (non-hydrogen) atoms. The van der Waals surface area contributed by atoms with Crippen LogP contribution < -0.4 is 4.74 Å². The van der Waals surface area contributed by atoms with Gasteiger partial charge in [-0.25, -0.2) is 4.39 Å². The van der Waals surface area contributed by atoms with E-state index in [1.54, 1.807) is 18.2 Å². The molecule has 88 valence electrons. The molecule has 2 aromatic carbocycles. The molecule has 0 amide bonds. The van der Waals surface area contributed by atoms with Crippen LogP contribution in [0, 0.1) is 12.7 Å². The number of benzene rings is 2. The van der Waals surface area contributed by atoms with E-state index >= 15 is 0 Å². The number of hydrogen-bond donors (Lipinski definition) is 1. The molecule has 0 aliphatic heterocycles. The van der Waals surface area contributed by atoms with E-state index in [4.69, 9.17) is 4.74 Å². The topological polar surface area (TPSA) is 9.23 Å². The van der Waals surface area contributed by atoms with Crippen LogP contribution in [0.5, 0.6) is 5.75 Å². The molecule has 3 heteroatoms. The van der Waals surface area contributed by atoms with Crippen molar-refractivity contribution in [2.75, 3.05) is 0 Å². The van der Waals surface area contributed by atoms with E-state index in [1.165, 1.54) is 6.07 Å². The summed E-state index contributed by atoms with van der Waals surface area (Å²) in [6.45, 7) is 2.19. The molecular weight excluding hydrogens is 235 g/mol. The van der Waals surface area contributed by atoms with Crippen LogP contribution in [0.25, 0.3) is 0 Å². The van der Waals surface area contributed by atoms with Crippen LogP contribution >= 0.6 is 12.6 Å². The van der Waals surface area contributed by atoms with E-state index in [2.05, 4.69) is 12.6 Å². The normalized spacial score (nSPS) is 10.3. The maximum absolute atomic E-state index is 13.3. The molecule has 0 saturated carbocycles. The molecule has 0 fully saturated rings. The maximum atomic E-state index is 13.3. The molecule has 0 atom stereocenters. The third-order valence-electron chi connectivity index (χ3n) is 2.52. The predicted molar refractivity (Wildman–Crippen MR) is 69.2 cm³/mol. The van der Waals surface area contributed by atoms with E-state index in [0.29, 0.717) is 5.56 Å². The van der Waals surface area contributed by atoms with E-state index < -0.39 is 0 Å². The molecule has 0 heterocycles. The fraction of sp³-hybridized carbons (Fsp3) is 0.143. The highest BCUT2D eigenvalue weighted by Gasteiger charge is 2.02.